The van der Waals surface area contributed by atoms with E-state index in [1.54, 1.807) is 0 Å². The maximum Gasteiger partial charge on any atom is 0.0541 e. The predicted molar refractivity (Wildman–Crippen MR) is 80.9 cm³/mol. The summed E-state index contributed by atoms with van der Waals surface area (Å²) in [5.41, 5.74) is 1.62. The Morgan fingerprint density at radius 2 is 2.00 bits per heavy atom. The minimum absolute atomic E-state index is 0.468. The maximum atomic E-state index is 4.38. The van der Waals surface area contributed by atoms with E-state index in [2.05, 4.69) is 43.2 Å². The molecule has 106 valence electrons. The molecule has 0 spiro atoms. The van der Waals surface area contributed by atoms with Crippen molar-refractivity contribution in [2.45, 2.75) is 65.5 Å². The summed E-state index contributed by atoms with van der Waals surface area (Å²) >= 11 is 0. The summed E-state index contributed by atoms with van der Waals surface area (Å²) in [4.78, 5) is 4.38. The van der Waals surface area contributed by atoms with Crippen LogP contribution in [-0.2, 0) is 6.54 Å². The fourth-order valence-corrected chi connectivity index (χ4v) is 3.12. The molecule has 2 heteroatoms. The van der Waals surface area contributed by atoms with Gasteiger partial charge in [-0.15, -0.1) is 0 Å². The van der Waals surface area contributed by atoms with E-state index in [1.165, 1.54) is 32.1 Å². The molecule has 1 N–H and O–H groups in total. The monoisotopic (exact) mass is 260 g/mol. The van der Waals surface area contributed by atoms with Crippen LogP contribution in [0.5, 0.6) is 0 Å². The van der Waals surface area contributed by atoms with Crippen LogP contribution >= 0.6 is 0 Å². The molecule has 2 unspecified atom stereocenters. The summed E-state index contributed by atoms with van der Waals surface area (Å²) in [5.74, 6) is 0.883. The summed E-state index contributed by atoms with van der Waals surface area (Å²) < 4.78 is 0. The Labute approximate surface area is 118 Å². The first-order valence-corrected chi connectivity index (χ1v) is 7.69. The highest BCUT2D eigenvalue weighted by Crippen LogP contribution is 2.36. The smallest absolute Gasteiger partial charge is 0.0541 e. The SMILES string of the molecule is CC(C)(C)C1CCCC(NCc2ccccn2)CC1. The van der Waals surface area contributed by atoms with E-state index in [9.17, 15) is 0 Å². The molecule has 19 heavy (non-hydrogen) atoms. The van der Waals surface area contributed by atoms with Crippen molar-refractivity contribution in [2.75, 3.05) is 0 Å². The molecule has 0 radical (unpaired) electrons. The van der Waals surface area contributed by atoms with Gasteiger partial charge in [0.05, 0.1) is 5.69 Å². The van der Waals surface area contributed by atoms with Gasteiger partial charge in [-0.25, -0.2) is 0 Å². The van der Waals surface area contributed by atoms with Crippen molar-refractivity contribution in [3.8, 4) is 0 Å². The lowest BCUT2D eigenvalue weighted by Crippen LogP contribution is -2.28. The van der Waals surface area contributed by atoms with Gasteiger partial charge in [0.2, 0.25) is 0 Å². The molecule has 0 saturated heterocycles. The van der Waals surface area contributed by atoms with Crippen molar-refractivity contribution in [1.29, 1.82) is 0 Å². The number of pyridine rings is 1. The molecule has 2 atom stereocenters. The summed E-state index contributed by atoms with van der Waals surface area (Å²) in [7, 11) is 0. The van der Waals surface area contributed by atoms with Crippen molar-refractivity contribution < 1.29 is 0 Å². The Balaban J connectivity index is 1.80. The standard InChI is InChI=1S/C17H28N2/c1-17(2,3)14-7-6-9-15(11-10-14)19-13-16-8-4-5-12-18-16/h4-5,8,12,14-15,19H,6-7,9-11,13H2,1-3H3. The van der Waals surface area contributed by atoms with Gasteiger partial charge in [0.25, 0.3) is 0 Å². The second-order valence-electron chi connectivity index (χ2n) is 6.97. The van der Waals surface area contributed by atoms with Crippen molar-refractivity contribution in [2.24, 2.45) is 11.3 Å². The molecule has 1 heterocycles. The molecule has 0 bridgehead atoms. The lowest BCUT2D eigenvalue weighted by atomic mass is 9.76. The molecule has 1 aliphatic carbocycles. The summed E-state index contributed by atoms with van der Waals surface area (Å²) in [5, 5.41) is 3.69. The molecule has 2 nitrogen and oxygen atoms in total. The van der Waals surface area contributed by atoms with Gasteiger partial charge in [-0.1, -0.05) is 33.3 Å². The molecule has 0 aliphatic heterocycles. The molecule has 1 fully saturated rings. The number of rotatable bonds is 3. The van der Waals surface area contributed by atoms with E-state index < -0.39 is 0 Å². The van der Waals surface area contributed by atoms with Gasteiger partial charge in [-0.2, -0.15) is 0 Å². The average Bonchev–Trinajstić information content (AvgIpc) is 2.62. The van der Waals surface area contributed by atoms with Crippen LogP contribution in [0.15, 0.2) is 24.4 Å². The summed E-state index contributed by atoms with van der Waals surface area (Å²) in [6, 6.07) is 6.81. The molecule has 0 aromatic carbocycles. The van der Waals surface area contributed by atoms with E-state index in [1.807, 2.05) is 12.3 Å². The highest BCUT2D eigenvalue weighted by atomic mass is 14.9. The Morgan fingerprint density at radius 3 is 2.68 bits per heavy atom. The van der Waals surface area contributed by atoms with Crippen LogP contribution in [0.4, 0.5) is 0 Å². The van der Waals surface area contributed by atoms with Crippen molar-refractivity contribution in [3.63, 3.8) is 0 Å². The van der Waals surface area contributed by atoms with Crippen LogP contribution in [0.3, 0.4) is 0 Å². The fraction of sp³-hybridized carbons (Fsp3) is 0.706. The third kappa shape index (κ3) is 4.61. The van der Waals surface area contributed by atoms with Gasteiger partial charge < -0.3 is 5.32 Å². The Kier molecular flexibility index (Phi) is 4.98. The van der Waals surface area contributed by atoms with Gasteiger partial charge in [-0.05, 0) is 49.1 Å². The number of hydrogen-bond acceptors (Lipinski definition) is 2. The molecule has 1 saturated carbocycles. The van der Waals surface area contributed by atoms with Crippen LogP contribution in [0.1, 0.15) is 58.6 Å². The molecule has 1 aromatic heterocycles. The Hall–Kier alpha value is -0.890. The lowest BCUT2D eigenvalue weighted by molar-refractivity contribution is 0.213. The number of aromatic nitrogens is 1. The van der Waals surface area contributed by atoms with Crippen LogP contribution in [0, 0.1) is 11.3 Å². The lowest BCUT2D eigenvalue weighted by Gasteiger charge is -2.29. The third-order valence-corrected chi connectivity index (χ3v) is 4.49. The molecular weight excluding hydrogens is 232 g/mol. The molecule has 1 aliphatic rings. The Morgan fingerprint density at radius 1 is 1.16 bits per heavy atom. The van der Waals surface area contributed by atoms with Crippen molar-refractivity contribution >= 4 is 0 Å². The molecule has 2 rings (SSSR count). The van der Waals surface area contributed by atoms with Gasteiger partial charge in [-0.3, -0.25) is 4.98 Å². The van der Waals surface area contributed by atoms with Crippen LogP contribution in [-0.4, -0.2) is 11.0 Å². The maximum absolute atomic E-state index is 4.38. The largest absolute Gasteiger partial charge is 0.308 e. The zero-order chi connectivity index (χ0) is 13.7. The van der Waals surface area contributed by atoms with Gasteiger partial charge in [0.1, 0.15) is 0 Å². The van der Waals surface area contributed by atoms with Gasteiger partial charge >= 0.3 is 0 Å². The topological polar surface area (TPSA) is 24.9 Å². The summed E-state index contributed by atoms with van der Waals surface area (Å²) in [6.45, 7) is 8.07. The first kappa shape index (κ1) is 14.5. The average molecular weight is 260 g/mol. The normalized spacial score (nSPS) is 25.0. The van der Waals surface area contributed by atoms with Crippen LogP contribution in [0.2, 0.25) is 0 Å². The first-order valence-electron chi connectivity index (χ1n) is 7.69. The van der Waals surface area contributed by atoms with E-state index >= 15 is 0 Å². The third-order valence-electron chi connectivity index (χ3n) is 4.49. The highest BCUT2D eigenvalue weighted by Gasteiger charge is 2.27. The van der Waals surface area contributed by atoms with Gasteiger partial charge in [0.15, 0.2) is 0 Å². The highest BCUT2D eigenvalue weighted by molar-refractivity contribution is 5.03. The molecular formula is C17H28N2. The molecule has 0 amide bonds. The van der Waals surface area contributed by atoms with E-state index in [4.69, 9.17) is 0 Å². The van der Waals surface area contributed by atoms with E-state index in [-0.39, 0.29) is 0 Å². The van der Waals surface area contributed by atoms with E-state index in [0.29, 0.717) is 11.5 Å². The minimum Gasteiger partial charge on any atom is -0.308 e. The second-order valence-corrected chi connectivity index (χ2v) is 6.97. The number of nitrogens with zero attached hydrogens (tertiary/aromatic N) is 1. The zero-order valence-corrected chi connectivity index (χ0v) is 12.7. The minimum atomic E-state index is 0.468. The Bertz CT molecular complexity index is 367. The second kappa shape index (κ2) is 6.51. The van der Waals surface area contributed by atoms with E-state index in [0.717, 1.165) is 18.2 Å². The molecule has 1 aromatic rings. The van der Waals surface area contributed by atoms with Crippen molar-refractivity contribution in [1.82, 2.24) is 10.3 Å². The number of hydrogen-bond donors (Lipinski definition) is 1. The predicted octanol–water partition coefficient (Wildman–Crippen LogP) is 4.17. The summed E-state index contributed by atoms with van der Waals surface area (Å²) in [6.07, 6.45) is 8.63. The quantitative estimate of drug-likeness (QED) is 0.825. The zero-order valence-electron chi connectivity index (χ0n) is 12.7. The fourth-order valence-electron chi connectivity index (χ4n) is 3.12. The van der Waals surface area contributed by atoms with Crippen LogP contribution < -0.4 is 5.32 Å². The number of nitrogens with one attached hydrogen (secondary N) is 1. The van der Waals surface area contributed by atoms with Gasteiger partial charge in [0, 0.05) is 18.8 Å². The van der Waals surface area contributed by atoms with Crippen molar-refractivity contribution in [3.05, 3.63) is 30.1 Å². The first-order chi connectivity index (χ1) is 9.05. The van der Waals surface area contributed by atoms with Crippen LogP contribution in [0.25, 0.3) is 0 Å².